The highest BCUT2D eigenvalue weighted by Gasteiger charge is 2.45. The number of allylic oxidation sites excluding steroid dienone is 2. The van der Waals surface area contributed by atoms with Crippen LogP contribution < -0.4 is 0 Å². The van der Waals surface area contributed by atoms with Crippen LogP contribution in [0.1, 0.15) is 62.3 Å². The lowest BCUT2D eigenvalue weighted by atomic mass is 9.55. The minimum atomic E-state index is -0.158. The van der Waals surface area contributed by atoms with E-state index in [1.54, 1.807) is 0 Å². The van der Waals surface area contributed by atoms with Crippen LogP contribution in [0.4, 0.5) is 0 Å². The van der Waals surface area contributed by atoms with Gasteiger partial charge < -0.3 is 10.2 Å². The van der Waals surface area contributed by atoms with Crippen molar-refractivity contribution >= 4 is 0 Å². The molecule has 1 aliphatic rings. The fraction of sp³-hybridized carbons (Fsp3) is 0.407. The van der Waals surface area contributed by atoms with Crippen molar-refractivity contribution in [3.63, 3.8) is 0 Å². The van der Waals surface area contributed by atoms with Crippen molar-refractivity contribution in [1.29, 1.82) is 0 Å². The van der Waals surface area contributed by atoms with Crippen molar-refractivity contribution in [3.05, 3.63) is 84.0 Å². The average Bonchev–Trinajstić information content (AvgIpc) is 2.64. The predicted octanol–water partition coefficient (Wildman–Crippen LogP) is 6.69. The van der Waals surface area contributed by atoms with Crippen LogP contribution in [-0.2, 0) is 18.3 Å². The lowest BCUT2D eigenvalue weighted by Gasteiger charge is -2.49. The van der Waals surface area contributed by atoms with Crippen molar-refractivity contribution in [3.8, 4) is 11.5 Å². The molecule has 1 unspecified atom stereocenters. The molecule has 0 aliphatic heterocycles. The SMILES string of the molecule is C=CCc1cc(C2(c3ccc(O)c(CC=C)c3)CC(C)CC(C)(C)C2)ccc1O. The van der Waals surface area contributed by atoms with Gasteiger partial charge in [0.15, 0.2) is 0 Å². The van der Waals surface area contributed by atoms with Gasteiger partial charge in [-0.05, 0) is 77.8 Å². The molecule has 2 N–H and O–H groups in total. The van der Waals surface area contributed by atoms with E-state index in [1.165, 1.54) is 17.5 Å². The highest BCUT2D eigenvalue weighted by atomic mass is 16.3. The van der Waals surface area contributed by atoms with Crippen molar-refractivity contribution in [2.75, 3.05) is 0 Å². The molecule has 154 valence electrons. The summed E-state index contributed by atoms with van der Waals surface area (Å²) in [6, 6.07) is 12.1. The van der Waals surface area contributed by atoms with Crippen LogP contribution in [0, 0.1) is 11.3 Å². The Morgan fingerprint density at radius 1 is 0.897 bits per heavy atom. The largest absolute Gasteiger partial charge is 0.508 e. The van der Waals surface area contributed by atoms with Crippen molar-refractivity contribution in [1.82, 2.24) is 0 Å². The van der Waals surface area contributed by atoms with Gasteiger partial charge in [-0.25, -0.2) is 0 Å². The molecular formula is C27H34O2. The van der Waals surface area contributed by atoms with Gasteiger partial charge in [-0.1, -0.05) is 57.2 Å². The Morgan fingerprint density at radius 2 is 1.38 bits per heavy atom. The minimum Gasteiger partial charge on any atom is -0.508 e. The molecule has 1 aliphatic carbocycles. The number of hydrogen-bond acceptors (Lipinski definition) is 2. The first kappa shape index (κ1) is 21.2. The number of benzene rings is 2. The summed E-state index contributed by atoms with van der Waals surface area (Å²) in [5.41, 5.74) is 4.35. The Balaban J connectivity index is 2.24. The van der Waals surface area contributed by atoms with Gasteiger partial charge >= 0.3 is 0 Å². The van der Waals surface area contributed by atoms with Gasteiger partial charge in [0, 0.05) is 5.41 Å². The summed E-state index contributed by atoms with van der Waals surface area (Å²) in [4.78, 5) is 0. The van der Waals surface area contributed by atoms with Gasteiger partial charge in [-0.3, -0.25) is 0 Å². The highest BCUT2D eigenvalue weighted by molar-refractivity contribution is 5.49. The van der Waals surface area contributed by atoms with Crippen LogP contribution in [0.25, 0.3) is 0 Å². The second-order valence-corrected chi connectivity index (χ2v) is 9.61. The zero-order valence-electron chi connectivity index (χ0n) is 18.0. The van der Waals surface area contributed by atoms with Crippen LogP contribution in [-0.4, -0.2) is 10.2 Å². The smallest absolute Gasteiger partial charge is 0.119 e. The maximum absolute atomic E-state index is 10.3. The molecule has 0 spiro atoms. The normalized spacial score (nSPS) is 20.2. The summed E-state index contributed by atoms with van der Waals surface area (Å²) < 4.78 is 0. The Labute approximate surface area is 175 Å². The van der Waals surface area contributed by atoms with Crippen molar-refractivity contribution < 1.29 is 10.2 Å². The Kier molecular flexibility index (Phi) is 5.93. The third-order valence-electron chi connectivity index (χ3n) is 6.37. The third-order valence-corrected chi connectivity index (χ3v) is 6.37. The number of rotatable bonds is 6. The first-order valence-corrected chi connectivity index (χ1v) is 10.6. The van der Waals surface area contributed by atoms with Gasteiger partial charge in [-0.15, -0.1) is 13.2 Å². The lowest BCUT2D eigenvalue weighted by Crippen LogP contribution is -2.41. The van der Waals surface area contributed by atoms with E-state index in [0.717, 1.165) is 24.0 Å². The summed E-state index contributed by atoms with van der Waals surface area (Å²) >= 11 is 0. The number of phenols is 2. The number of hydrogen-bond donors (Lipinski definition) is 2. The molecule has 0 radical (unpaired) electrons. The molecule has 0 bridgehead atoms. The van der Waals surface area contributed by atoms with E-state index in [1.807, 2.05) is 24.3 Å². The molecule has 1 saturated carbocycles. The maximum atomic E-state index is 10.3. The van der Waals surface area contributed by atoms with Crippen LogP contribution in [0.3, 0.4) is 0 Å². The topological polar surface area (TPSA) is 40.5 Å². The summed E-state index contributed by atoms with van der Waals surface area (Å²) in [7, 11) is 0. The van der Waals surface area contributed by atoms with Gasteiger partial charge in [0.2, 0.25) is 0 Å². The second-order valence-electron chi connectivity index (χ2n) is 9.61. The molecule has 0 heterocycles. The molecule has 3 rings (SSSR count). The first-order chi connectivity index (χ1) is 13.7. The van der Waals surface area contributed by atoms with E-state index in [-0.39, 0.29) is 10.8 Å². The van der Waals surface area contributed by atoms with E-state index in [9.17, 15) is 10.2 Å². The molecule has 2 nitrogen and oxygen atoms in total. The van der Waals surface area contributed by atoms with Gasteiger partial charge in [-0.2, -0.15) is 0 Å². The fourth-order valence-corrected chi connectivity index (χ4v) is 5.58. The molecule has 2 heteroatoms. The van der Waals surface area contributed by atoms with Gasteiger partial charge in [0.05, 0.1) is 0 Å². The van der Waals surface area contributed by atoms with Crippen LogP contribution in [0.2, 0.25) is 0 Å². The van der Waals surface area contributed by atoms with Crippen molar-refractivity contribution in [2.24, 2.45) is 11.3 Å². The molecule has 1 fully saturated rings. The van der Waals surface area contributed by atoms with E-state index >= 15 is 0 Å². The molecule has 2 aromatic carbocycles. The Bertz CT molecular complexity index is 847. The molecule has 0 amide bonds. The Morgan fingerprint density at radius 3 is 1.79 bits per heavy atom. The molecule has 0 saturated heterocycles. The first-order valence-electron chi connectivity index (χ1n) is 10.6. The fourth-order valence-electron chi connectivity index (χ4n) is 5.58. The Hall–Kier alpha value is -2.48. The molecule has 29 heavy (non-hydrogen) atoms. The number of aromatic hydroxyl groups is 2. The van der Waals surface area contributed by atoms with Gasteiger partial charge in [0.25, 0.3) is 0 Å². The van der Waals surface area contributed by atoms with Crippen LogP contribution in [0.15, 0.2) is 61.7 Å². The van der Waals surface area contributed by atoms with Gasteiger partial charge in [0.1, 0.15) is 11.5 Å². The van der Waals surface area contributed by atoms with Crippen LogP contribution >= 0.6 is 0 Å². The monoisotopic (exact) mass is 390 g/mol. The summed E-state index contributed by atoms with van der Waals surface area (Å²) in [6.07, 6.45) is 8.24. The highest BCUT2D eigenvalue weighted by Crippen LogP contribution is 2.54. The van der Waals surface area contributed by atoms with E-state index in [2.05, 4.69) is 58.2 Å². The number of phenolic OH excluding ortho intramolecular Hbond substituents is 2. The predicted molar refractivity (Wildman–Crippen MR) is 122 cm³/mol. The quantitative estimate of drug-likeness (QED) is 0.540. The zero-order chi connectivity index (χ0) is 21.2. The van der Waals surface area contributed by atoms with E-state index < -0.39 is 0 Å². The standard InChI is InChI=1S/C27H34O2/c1-6-8-20-14-22(10-12-24(20)28)27(17-19(3)16-26(4,5)18-27)23-11-13-25(29)21(15-23)9-7-2/h6-7,10-15,19,28-29H,1-2,8-9,16-18H2,3-5H3. The molecular weight excluding hydrogens is 356 g/mol. The molecule has 2 aromatic rings. The van der Waals surface area contributed by atoms with Crippen molar-refractivity contribution in [2.45, 2.75) is 58.3 Å². The summed E-state index contributed by atoms with van der Waals surface area (Å²) in [5, 5.41) is 20.7. The zero-order valence-corrected chi connectivity index (χ0v) is 18.0. The lowest BCUT2D eigenvalue weighted by molar-refractivity contribution is 0.126. The van der Waals surface area contributed by atoms with E-state index in [0.29, 0.717) is 30.3 Å². The van der Waals surface area contributed by atoms with Crippen LogP contribution in [0.5, 0.6) is 11.5 Å². The average molecular weight is 391 g/mol. The second kappa shape index (κ2) is 8.10. The summed E-state index contributed by atoms with van der Waals surface area (Å²) in [6.45, 7) is 14.7. The molecule has 1 atom stereocenters. The maximum Gasteiger partial charge on any atom is 0.119 e. The van der Waals surface area contributed by atoms with E-state index in [4.69, 9.17) is 0 Å². The third kappa shape index (κ3) is 4.27. The molecule has 0 aromatic heterocycles. The summed E-state index contributed by atoms with van der Waals surface area (Å²) in [5.74, 6) is 1.22. The minimum absolute atomic E-state index is 0.158.